The van der Waals surface area contributed by atoms with Crippen molar-refractivity contribution in [2.75, 3.05) is 6.61 Å². The van der Waals surface area contributed by atoms with E-state index in [1.807, 2.05) is 0 Å². The molecule has 0 aliphatic heterocycles. The zero-order valence-corrected chi connectivity index (χ0v) is 10.1. The van der Waals surface area contributed by atoms with Crippen LogP contribution in [0.2, 0.25) is 0 Å². The van der Waals surface area contributed by atoms with Crippen molar-refractivity contribution in [2.24, 2.45) is 0 Å². The molecule has 1 heterocycles. The van der Waals surface area contributed by atoms with E-state index in [1.54, 1.807) is 6.92 Å². The van der Waals surface area contributed by atoms with E-state index in [4.69, 9.17) is 0 Å². The predicted octanol–water partition coefficient (Wildman–Crippen LogP) is 3.09. The summed E-state index contributed by atoms with van der Waals surface area (Å²) in [4.78, 5) is 14.9. The molecule has 0 saturated heterocycles. The third kappa shape index (κ3) is 2.98. The minimum atomic E-state index is -2.71. The van der Waals surface area contributed by atoms with Gasteiger partial charge in [-0.2, -0.15) is 0 Å². The number of nitrogens with zero attached hydrogens (tertiary/aromatic N) is 1. The molecule has 0 amide bonds. The zero-order chi connectivity index (χ0) is 12.1. The number of carbonyl (C=O) groups is 1. The predicted molar refractivity (Wildman–Crippen MR) is 57.8 cm³/mol. The number of pyridine rings is 1. The highest BCUT2D eigenvalue weighted by molar-refractivity contribution is 9.08. The van der Waals surface area contributed by atoms with Gasteiger partial charge in [-0.25, -0.2) is 18.6 Å². The first-order valence-corrected chi connectivity index (χ1v) is 5.73. The van der Waals surface area contributed by atoms with Gasteiger partial charge in [0.1, 0.15) is 11.4 Å². The van der Waals surface area contributed by atoms with E-state index in [-0.39, 0.29) is 23.3 Å². The average Bonchev–Trinajstić information content (AvgIpc) is 2.28. The van der Waals surface area contributed by atoms with Gasteiger partial charge in [0.15, 0.2) is 0 Å². The van der Waals surface area contributed by atoms with Gasteiger partial charge in [-0.15, -0.1) is 0 Å². The van der Waals surface area contributed by atoms with Gasteiger partial charge >= 0.3 is 5.97 Å². The largest absolute Gasteiger partial charge is 0.461 e. The number of rotatable bonds is 4. The van der Waals surface area contributed by atoms with Crippen LogP contribution in [0.4, 0.5) is 8.78 Å². The fourth-order valence-corrected chi connectivity index (χ4v) is 1.60. The first-order chi connectivity index (χ1) is 7.60. The molecule has 0 fully saturated rings. The van der Waals surface area contributed by atoms with Crippen LogP contribution in [0.1, 0.15) is 35.1 Å². The Kier molecular flexibility index (Phi) is 4.79. The highest BCUT2D eigenvalue weighted by atomic mass is 79.9. The minimum Gasteiger partial charge on any atom is -0.461 e. The van der Waals surface area contributed by atoms with E-state index >= 15 is 0 Å². The Morgan fingerprint density at radius 3 is 2.75 bits per heavy atom. The molecule has 0 saturated carbocycles. The van der Waals surface area contributed by atoms with E-state index < -0.39 is 12.4 Å². The number of alkyl halides is 3. The first kappa shape index (κ1) is 13.0. The molecule has 0 aliphatic carbocycles. The Hall–Kier alpha value is -1.04. The van der Waals surface area contributed by atoms with E-state index in [1.165, 1.54) is 12.1 Å². The second kappa shape index (κ2) is 5.89. The highest BCUT2D eigenvalue weighted by Crippen LogP contribution is 2.23. The standard InChI is InChI=1S/C10H10BrF2NO2/c1-2-16-10(15)7-4-3-6(5-11)8(14-7)9(12)13/h3-4,9H,2,5H2,1H3. The molecule has 6 heteroatoms. The molecular formula is C10H10BrF2NO2. The molecule has 3 nitrogen and oxygen atoms in total. The summed E-state index contributed by atoms with van der Waals surface area (Å²) in [7, 11) is 0. The summed E-state index contributed by atoms with van der Waals surface area (Å²) in [5.74, 6) is -0.689. The molecule has 1 aromatic rings. The molecule has 1 rings (SSSR count). The van der Waals surface area contributed by atoms with Gasteiger partial charge in [-0.1, -0.05) is 22.0 Å². The van der Waals surface area contributed by atoms with Crippen molar-refractivity contribution < 1.29 is 18.3 Å². The number of hydrogen-bond donors (Lipinski definition) is 0. The SMILES string of the molecule is CCOC(=O)c1ccc(CBr)c(C(F)F)n1. The van der Waals surface area contributed by atoms with Crippen LogP contribution in [-0.4, -0.2) is 17.6 Å². The molecule has 0 radical (unpaired) electrons. The highest BCUT2D eigenvalue weighted by Gasteiger charge is 2.18. The quantitative estimate of drug-likeness (QED) is 0.633. The topological polar surface area (TPSA) is 39.2 Å². The van der Waals surface area contributed by atoms with E-state index in [0.717, 1.165) is 0 Å². The number of esters is 1. The Balaban J connectivity index is 3.06. The second-order valence-electron chi connectivity index (χ2n) is 2.90. The second-order valence-corrected chi connectivity index (χ2v) is 3.46. The molecule has 1 aromatic heterocycles. The molecule has 0 N–H and O–H groups in total. The Morgan fingerprint density at radius 1 is 1.56 bits per heavy atom. The Morgan fingerprint density at radius 2 is 2.25 bits per heavy atom. The van der Waals surface area contributed by atoms with Gasteiger partial charge < -0.3 is 4.74 Å². The van der Waals surface area contributed by atoms with E-state index in [0.29, 0.717) is 5.56 Å². The van der Waals surface area contributed by atoms with Crippen LogP contribution in [0.15, 0.2) is 12.1 Å². The molecule has 0 bridgehead atoms. The fraction of sp³-hybridized carbons (Fsp3) is 0.400. The summed E-state index contributed by atoms with van der Waals surface area (Å²) in [5, 5.41) is 0.267. The van der Waals surface area contributed by atoms with Crippen LogP contribution in [0, 0.1) is 0 Å². The number of carbonyl (C=O) groups excluding carboxylic acids is 1. The van der Waals surface area contributed by atoms with Crippen LogP contribution < -0.4 is 0 Å². The summed E-state index contributed by atoms with van der Waals surface area (Å²) in [6.45, 7) is 1.82. The van der Waals surface area contributed by atoms with Crippen LogP contribution >= 0.6 is 15.9 Å². The van der Waals surface area contributed by atoms with Gasteiger partial charge in [0, 0.05) is 5.33 Å². The summed E-state index contributed by atoms with van der Waals surface area (Å²) in [5.41, 5.74) is -0.118. The molecule has 0 aliphatic rings. The summed E-state index contributed by atoms with van der Waals surface area (Å²) >= 11 is 3.08. The molecule has 0 atom stereocenters. The van der Waals surface area contributed by atoms with Crippen molar-refractivity contribution >= 4 is 21.9 Å². The maximum absolute atomic E-state index is 12.6. The lowest BCUT2D eigenvalue weighted by Gasteiger charge is -2.07. The lowest BCUT2D eigenvalue weighted by atomic mass is 10.2. The van der Waals surface area contributed by atoms with Gasteiger partial charge in [0.05, 0.1) is 6.61 Å². The molecular weight excluding hydrogens is 284 g/mol. The van der Waals surface area contributed by atoms with Gasteiger partial charge in [-0.3, -0.25) is 0 Å². The molecule has 0 unspecified atom stereocenters. The summed E-state index contributed by atoms with van der Waals surface area (Å²) < 4.78 is 29.9. The number of halogens is 3. The lowest BCUT2D eigenvalue weighted by Crippen LogP contribution is -2.10. The smallest absolute Gasteiger partial charge is 0.356 e. The normalized spacial score (nSPS) is 10.6. The van der Waals surface area contributed by atoms with E-state index in [9.17, 15) is 13.6 Å². The van der Waals surface area contributed by atoms with Crippen molar-refractivity contribution in [3.63, 3.8) is 0 Å². The van der Waals surface area contributed by atoms with Crippen molar-refractivity contribution in [3.8, 4) is 0 Å². The summed E-state index contributed by atoms with van der Waals surface area (Å²) in [6.07, 6.45) is -2.71. The van der Waals surface area contributed by atoms with Crippen molar-refractivity contribution in [2.45, 2.75) is 18.7 Å². The van der Waals surface area contributed by atoms with Crippen molar-refractivity contribution in [3.05, 3.63) is 29.1 Å². The van der Waals surface area contributed by atoms with Crippen LogP contribution in [0.25, 0.3) is 0 Å². The third-order valence-corrected chi connectivity index (χ3v) is 2.45. The van der Waals surface area contributed by atoms with Crippen molar-refractivity contribution in [1.29, 1.82) is 0 Å². The summed E-state index contributed by atoms with van der Waals surface area (Å²) in [6, 6.07) is 2.82. The fourth-order valence-electron chi connectivity index (χ4n) is 1.12. The molecule has 16 heavy (non-hydrogen) atoms. The van der Waals surface area contributed by atoms with Crippen LogP contribution in [0.3, 0.4) is 0 Å². The number of ether oxygens (including phenoxy) is 1. The third-order valence-electron chi connectivity index (χ3n) is 1.85. The maximum Gasteiger partial charge on any atom is 0.356 e. The van der Waals surface area contributed by atoms with Gasteiger partial charge in [0.25, 0.3) is 6.43 Å². The lowest BCUT2D eigenvalue weighted by molar-refractivity contribution is 0.0518. The van der Waals surface area contributed by atoms with E-state index in [2.05, 4.69) is 25.7 Å². The Labute approximate surface area is 99.9 Å². The number of hydrogen-bond acceptors (Lipinski definition) is 3. The molecule has 88 valence electrons. The monoisotopic (exact) mass is 293 g/mol. The minimum absolute atomic E-state index is 0.0955. The maximum atomic E-state index is 12.6. The zero-order valence-electron chi connectivity index (χ0n) is 8.54. The first-order valence-electron chi connectivity index (χ1n) is 4.61. The Bertz CT molecular complexity index is 385. The number of aromatic nitrogens is 1. The molecule has 0 spiro atoms. The van der Waals surface area contributed by atoms with Crippen LogP contribution in [-0.2, 0) is 10.1 Å². The van der Waals surface area contributed by atoms with Crippen molar-refractivity contribution in [1.82, 2.24) is 4.98 Å². The van der Waals surface area contributed by atoms with Crippen LogP contribution in [0.5, 0.6) is 0 Å². The average molecular weight is 294 g/mol. The molecule has 0 aromatic carbocycles. The van der Waals surface area contributed by atoms with Gasteiger partial charge in [-0.05, 0) is 18.6 Å². The van der Waals surface area contributed by atoms with Gasteiger partial charge in [0.2, 0.25) is 0 Å².